The van der Waals surface area contributed by atoms with Crippen LogP contribution in [0, 0.1) is 0 Å². The minimum absolute atomic E-state index is 0.0626. The predicted molar refractivity (Wildman–Crippen MR) is 135 cm³/mol. The van der Waals surface area contributed by atoms with Crippen molar-refractivity contribution in [3.63, 3.8) is 0 Å². The van der Waals surface area contributed by atoms with Crippen LogP contribution in [0.15, 0.2) is 54.9 Å². The van der Waals surface area contributed by atoms with E-state index in [9.17, 15) is 4.79 Å². The topological polar surface area (TPSA) is 72.9 Å². The van der Waals surface area contributed by atoms with E-state index in [4.69, 9.17) is 14.2 Å². The fraction of sp³-hybridized carbons (Fsp3) is 0.429. The van der Waals surface area contributed by atoms with Crippen LogP contribution in [0.25, 0.3) is 21.9 Å². The molecule has 0 spiro atoms. The van der Waals surface area contributed by atoms with Gasteiger partial charge in [0, 0.05) is 69.2 Å². The molecule has 1 aliphatic heterocycles. The Hall–Kier alpha value is -3.00. The van der Waals surface area contributed by atoms with Gasteiger partial charge in [0.15, 0.2) is 0 Å². The molecule has 0 radical (unpaired) electrons. The van der Waals surface area contributed by atoms with E-state index in [-0.39, 0.29) is 11.9 Å². The summed E-state index contributed by atoms with van der Waals surface area (Å²) in [5, 5.41) is 5.44. The SMILES string of the molecule is COCCCOc1cc(CN(C(=O)[C@H]2CNCCO2)C2CC2)c(-c2cccnc2)c2ccccc12. The molecule has 1 atom stereocenters. The van der Waals surface area contributed by atoms with Crippen molar-refractivity contribution in [3.8, 4) is 16.9 Å². The first-order chi connectivity index (χ1) is 17.3. The van der Waals surface area contributed by atoms with Crippen LogP contribution in [0.2, 0.25) is 0 Å². The number of hydrogen-bond acceptors (Lipinski definition) is 6. The zero-order chi connectivity index (χ0) is 24.0. The van der Waals surface area contributed by atoms with E-state index in [1.54, 1.807) is 13.3 Å². The minimum Gasteiger partial charge on any atom is -0.493 e. The van der Waals surface area contributed by atoms with Gasteiger partial charge in [-0.05, 0) is 41.5 Å². The van der Waals surface area contributed by atoms with Gasteiger partial charge in [0.2, 0.25) is 0 Å². The molecule has 2 fully saturated rings. The maximum Gasteiger partial charge on any atom is 0.253 e. The molecule has 0 unspecified atom stereocenters. The quantitative estimate of drug-likeness (QED) is 0.450. The van der Waals surface area contributed by atoms with Gasteiger partial charge in [-0.2, -0.15) is 0 Å². The lowest BCUT2D eigenvalue weighted by Crippen LogP contribution is -2.49. The summed E-state index contributed by atoms with van der Waals surface area (Å²) in [7, 11) is 1.70. The highest BCUT2D eigenvalue weighted by atomic mass is 16.5. The normalized spacial score (nSPS) is 17.9. The van der Waals surface area contributed by atoms with Crippen molar-refractivity contribution in [2.75, 3.05) is 40.0 Å². The number of nitrogens with zero attached hydrogens (tertiary/aromatic N) is 2. The van der Waals surface area contributed by atoms with Crippen LogP contribution in [0.5, 0.6) is 5.75 Å². The number of benzene rings is 2. The van der Waals surface area contributed by atoms with Gasteiger partial charge < -0.3 is 24.4 Å². The maximum absolute atomic E-state index is 13.5. The molecular formula is C28H33N3O4. The standard InChI is InChI=1S/C28H33N3O4/c1-33-13-5-14-34-25-16-21(19-31(22-9-10-22)28(32)26-18-30-12-15-35-26)27(20-6-4-11-29-17-20)24-8-3-2-7-23(24)25/h2-4,6-8,11,16-17,22,26,30H,5,9-10,12-15,18-19H2,1H3/t26-/m1/s1. The van der Waals surface area contributed by atoms with Crippen LogP contribution in [-0.4, -0.2) is 68.0 Å². The molecule has 2 aliphatic rings. The van der Waals surface area contributed by atoms with Gasteiger partial charge in [0.1, 0.15) is 11.9 Å². The van der Waals surface area contributed by atoms with E-state index >= 15 is 0 Å². The summed E-state index contributed by atoms with van der Waals surface area (Å²) < 4.78 is 17.3. The molecule has 5 rings (SSSR count). The van der Waals surface area contributed by atoms with E-state index in [2.05, 4.69) is 34.6 Å². The fourth-order valence-electron chi connectivity index (χ4n) is 4.74. The Kier molecular flexibility index (Phi) is 7.57. The summed E-state index contributed by atoms with van der Waals surface area (Å²) in [6.45, 7) is 3.63. The van der Waals surface area contributed by atoms with Crippen LogP contribution >= 0.6 is 0 Å². The van der Waals surface area contributed by atoms with Crippen LogP contribution < -0.4 is 10.1 Å². The van der Waals surface area contributed by atoms with Crippen molar-refractivity contribution in [2.45, 2.75) is 38.0 Å². The van der Waals surface area contributed by atoms with Crippen molar-refractivity contribution in [1.82, 2.24) is 15.2 Å². The lowest BCUT2D eigenvalue weighted by Gasteiger charge is -2.31. The molecule has 7 heteroatoms. The number of methoxy groups -OCH3 is 1. The molecule has 7 nitrogen and oxygen atoms in total. The van der Waals surface area contributed by atoms with E-state index in [0.717, 1.165) is 59.0 Å². The average Bonchev–Trinajstić information content (AvgIpc) is 3.76. The first-order valence-electron chi connectivity index (χ1n) is 12.5. The van der Waals surface area contributed by atoms with E-state index in [1.807, 2.05) is 29.3 Å². The van der Waals surface area contributed by atoms with E-state index in [0.29, 0.717) is 32.9 Å². The Morgan fingerprint density at radius 1 is 1.17 bits per heavy atom. The number of aromatic nitrogens is 1. The number of pyridine rings is 1. The third-order valence-electron chi connectivity index (χ3n) is 6.60. The van der Waals surface area contributed by atoms with Crippen LogP contribution in [0.1, 0.15) is 24.8 Å². The predicted octanol–water partition coefficient (Wildman–Crippen LogP) is 3.80. The first-order valence-corrected chi connectivity index (χ1v) is 12.5. The van der Waals surface area contributed by atoms with Gasteiger partial charge in [-0.25, -0.2) is 0 Å². The third kappa shape index (κ3) is 5.48. The smallest absolute Gasteiger partial charge is 0.253 e. The number of ether oxygens (including phenoxy) is 3. The number of rotatable bonds is 10. The molecule has 1 amide bonds. The molecule has 0 bridgehead atoms. The Morgan fingerprint density at radius 3 is 2.74 bits per heavy atom. The van der Waals surface area contributed by atoms with Crippen molar-refractivity contribution < 1.29 is 19.0 Å². The molecule has 1 aliphatic carbocycles. The second-order valence-corrected chi connectivity index (χ2v) is 9.15. The van der Waals surface area contributed by atoms with Gasteiger partial charge in [0.05, 0.1) is 13.2 Å². The van der Waals surface area contributed by atoms with Crippen molar-refractivity contribution in [2.24, 2.45) is 0 Å². The third-order valence-corrected chi connectivity index (χ3v) is 6.60. The lowest BCUT2D eigenvalue weighted by molar-refractivity contribution is -0.146. The zero-order valence-electron chi connectivity index (χ0n) is 20.2. The average molecular weight is 476 g/mol. The summed E-state index contributed by atoms with van der Waals surface area (Å²) in [6.07, 6.45) is 6.11. The maximum atomic E-state index is 13.5. The molecule has 2 aromatic carbocycles. The highest BCUT2D eigenvalue weighted by Crippen LogP contribution is 2.40. The molecule has 3 aromatic rings. The summed E-state index contributed by atoms with van der Waals surface area (Å²) in [5.41, 5.74) is 3.19. The first kappa shape index (κ1) is 23.7. The highest BCUT2D eigenvalue weighted by molar-refractivity contribution is 6.01. The number of morpholine rings is 1. The van der Waals surface area contributed by atoms with Crippen LogP contribution in [0.3, 0.4) is 0 Å². The lowest BCUT2D eigenvalue weighted by atomic mass is 9.93. The number of fused-ring (bicyclic) bond motifs is 1. The zero-order valence-corrected chi connectivity index (χ0v) is 20.2. The second-order valence-electron chi connectivity index (χ2n) is 9.15. The number of nitrogens with one attached hydrogen (secondary N) is 1. The van der Waals surface area contributed by atoms with Crippen LogP contribution in [0.4, 0.5) is 0 Å². The largest absolute Gasteiger partial charge is 0.493 e. The molecule has 1 aromatic heterocycles. The number of carbonyl (C=O) groups excluding carboxylic acids is 1. The highest BCUT2D eigenvalue weighted by Gasteiger charge is 2.37. The molecule has 35 heavy (non-hydrogen) atoms. The van der Waals surface area contributed by atoms with Gasteiger partial charge in [-0.15, -0.1) is 0 Å². The van der Waals surface area contributed by atoms with Gasteiger partial charge >= 0.3 is 0 Å². The van der Waals surface area contributed by atoms with Crippen molar-refractivity contribution in [3.05, 3.63) is 60.4 Å². The molecule has 1 N–H and O–H groups in total. The van der Waals surface area contributed by atoms with E-state index in [1.165, 1.54) is 0 Å². The monoisotopic (exact) mass is 475 g/mol. The Balaban J connectivity index is 1.56. The van der Waals surface area contributed by atoms with Crippen LogP contribution in [-0.2, 0) is 20.8 Å². The number of carbonyl (C=O) groups is 1. The van der Waals surface area contributed by atoms with Gasteiger partial charge in [0.25, 0.3) is 5.91 Å². The summed E-state index contributed by atoms with van der Waals surface area (Å²) in [6, 6.07) is 14.7. The fourth-order valence-corrected chi connectivity index (χ4v) is 4.74. The number of amides is 1. The molecule has 1 saturated heterocycles. The second kappa shape index (κ2) is 11.2. The van der Waals surface area contributed by atoms with E-state index < -0.39 is 6.10 Å². The summed E-state index contributed by atoms with van der Waals surface area (Å²) in [4.78, 5) is 19.9. The number of hydrogen-bond donors (Lipinski definition) is 1. The van der Waals surface area contributed by atoms with Gasteiger partial charge in [-0.1, -0.05) is 30.3 Å². The minimum atomic E-state index is -0.434. The molecule has 1 saturated carbocycles. The molecule has 184 valence electrons. The van der Waals surface area contributed by atoms with Crippen molar-refractivity contribution >= 4 is 16.7 Å². The molecule has 2 heterocycles. The molecular weight excluding hydrogens is 442 g/mol. The Morgan fingerprint density at radius 2 is 2.03 bits per heavy atom. The Labute approximate surface area is 206 Å². The van der Waals surface area contributed by atoms with Crippen molar-refractivity contribution in [1.29, 1.82) is 0 Å². The Bertz CT molecular complexity index is 1140. The summed E-state index contributed by atoms with van der Waals surface area (Å²) in [5.74, 6) is 0.894. The van der Waals surface area contributed by atoms with Gasteiger partial charge in [-0.3, -0.25) is 9.78 Å². The summed E-state index contributed by atoms with van der Waals surface area (Å²) >= 11 is 0.